The van der Waals surface area contributed by atoms with Crippen molar-refractivity contribution in [2.45, 2.75) is 0 Å². The molecule has 0 unspecified atom stereocenters. The quantitative estimate of drug-likeness (QED) is 0.178. The van der Waals surface area contributed by atoms with Crippen LogP contribution >= 0.6 is 0 Å². The molecule has 0 aliphatic heterocycles. The van der Waals surface area contributed by atoms with Gasteiger partial charge in [-0.15, -0.1) is 0 Å². The number of hydrogen-bond acceptors (Lipinski definition) is 5. The van der Waals surface area contributed by atoms with Crippen LogP contribution in [-0.2, 0) is 0 Å². The minimum Gasteiger partial charge on any atom is -0.265 e. The summed E-state index contributed by atoms with van der Waals surface area (Å²) in [5, 5.41) is 0. The first-order chi connectivity index (χ1) is 23.8. The lowest BCUT2D eigenvalue weighted by Gasteiger charge is -2.15. The van der Waals surface area contributed by atoms with Crippen molar-refractivity contribution in [1.82, 2.24) is 24.9 Å². The van der Waals surface area contributed by atoms with Crippen molar-refractivity contribution in [2.24, 2.45) is 0 Å². The van der Waals surface area contributed by atoms with Gasteiger partial charge in [0.15, 0.2) is 17.5 Å². The molecule has 8 rings (SSSR count). The highest BCUT2D eigenvalue weighted by molar-refractivity contribution is 5.89. The topological polar surface area (TPSA) is 64.5 Å². The molecule has 5 heteroatoms. The summed E-state index contributed by atoms with van der Waals surface area (Å²) >= 11 is 0. The molecule has 8 aromatic rings. The Morgan fingerprint density at radius 1 is 0.250 bits per heavy atom. The van der Waals surface area contributed by atoms with Gasteiger partial charge in [-0.2, -0.15) is 0 Å². The van der Waals surface area contributed by atoms with Crippen LogP contribution in [0.15, 0.2) is 176 Å². The van der Waals surface area contributed by atoms with Gasteiger partial charge in [0.05, 0.1) is 0 Å². The van der Waals surface area contributed by atoms with Crippen LogP contribution in [0.25, 0.3) is 78.7 Å². The van der Waals surface area contributed by atoms with Gasteiger partial charge >= 0.3 is 0 Å². The van der Waals surface area contributed by atoms with Crippen LogP contribution in [0.4, 0.5) is 0 Å². The Bertz CT molecular complexity index is 2250. The third-order valence-corrected chi connectivity index (χ3v) is 8.39. The van der Waals surface area contributed by atoms with Crippen molar-refractivity contribution in [2.75, 3.05) is 0 Å². The molecule has 0 aliphatic rings. The van der Waals surface area contributed by atoms with E-state index < -0.39 is 0 Å². The average Bonchev–Trinajstić information content (AvgIpc) is 3.19. The number of nitrogens with zero attached hydrogens (tertiary/aromatic N) is 5. The molecule has 5 nitrogen and oxygen atoms in total. The molecular weight excluding hydrogens is 587 g/mol. The fraction of sp³-hybridized carbons (Fsp3) is 0. The minimum absolute atomic E-state index is 0.589. The number of pyridine rings is 2. The molecule has 0 bridgehead atoms. The molecule has 3 aromatic heterocycles. The van der Waals surface area contributed by atoms with Crippen LogP contribution in [-0.4, -0.2) is 24.9 Å². The van der Waals surface area contributed by atoms with Gasteiger partial charge in [-0.25, -0.2) is 15.0 Å². The maximum atomic E-state index is 4.95. The monoisotopic (exact) mass is 615 g/mol. The fourth-order valence-corrected chi connectivity index (χ4v) is 5.99. The molecule has 0 saturated carbocycles. The van der Waals surface area contributed by atoms with E-state index in [0.717, 1.165) is 38.9 Å². The molecule has 0 fully saturated rings. The second kappa shape index (κ2) is 13.0. The summed E-state index contributed by atoms with van der Waals surface area (Å²) in [7, 11) is 0. The van der Waals surface area contributed by atoms with Crippen LogP contribution in [0.3, 0.4) is 0 Å². The van der Waals surface area contributed by atoms with Crippen LogP contribution < -0.4 is 0 Å². The summed E-state index contributed by atoms with van der Waals surface area (Å²) in [5.74, 6) is 1.78. The van der Waals surface area contributed by atoms with Gasteiger partial charge in [0.1, 0.15) is 0 Å². The molecule has 0 aliphatic carbocycles. The molecule has 0 spiro atoms. The van der Waals surface area contributed by atoms with Crippen molar-refractivity contribution in [3.8, 4) is 78.7 Å². The minimum atomic E-state index is 0.589. The van der Waals surface area contributed by atoms with Crippen LogP contribution in [0.1, 0.15) is 0 Å². The fourth-order valence-electron chi connectivity index (χ4n) is 5.99. The summed E-state index contributed by atoms with van der Waals surface area (Å²) in [5.41, 5.74) is 11.9. The highest BCUT2D eigenvalue weighted by atomic mass is 15.0. The van der Waals surface area contributed by atoms with Gasteiger partial charge < -0.3 is 0 Å². The van der Waals surface area contributed by atoms with Gasteiger partial charge in [0.25, 0.3) is 0 Å². The molecule has 5 aromatic carbocycles. The molecule has 0 N–H and O–H groups in total. The molecule has 226 valence electrons. The summed E-state index contributed by atoms with van der Waals surface area (Å²) in [4.78, 5) is 23.1. The third-order valence-electron chi connectivity index (χ3n) is 8.39. The largest absolute Gasteiger partial charge is 0.265 e. The first-order valence-electron chi connectivity index (χ1n) is 15.8. The van der Waals surface area contributed by atoms with Gasteiger partial charge in [-0.1, -0.05) is 121 Å². The SMILES string of the molecule is c1ccc(-c2ccccc2-c2ccc(-c3ccc(-c4nc(-c5ccncc5)nc(-c5ccncc5)n4)cc3-c3ccccc3)cc2)cc1. The molecule has 0 amide bonds. The number of hydrogen-bond donors (Lipinski definition) is 0. The second-order valence-corrected chi connectivity index (χ2v) is 11.4. The highest BCUT2D eigenvalue weighted by Gasteiger charge is 2.16. The molecule has 0 atom stereocenters. The molecule has 0 saturated heterocycles. The van der Waals surface area contributed by atoms with Gasteiger partial charge in [-0.05, 0) is 74.8 Å². The van der Waals surface area contributed by atoms with Crippen LogP contribution in [0.2, 0.25) is 0 Å². The lowest BCUT2D eigenvalue weighted by Crippen LogP contribution is -2.00. The normalized spacial score (nSPS) is 10.9. The summed E-state index contributed by atoms with van der Waals surface area (Å²) in [6, 6.07) is 52.6. The van der Waals surface area contributed by atoms with Crippen LogP contribution in [0, 0.1) is 0 Å². The van der Waals surface area contributed by atoms with E-state index in [1.165, 1.54) is 22.3 Å². The molecule has 0 radical (unpaired) electrons. The lowest BCUT2D eigenvalue weighted by molar-refractivity contribution is 1.07. The van der Waals surface area contributed by atoms with Gasteiger partial charge in [0, 0.05) is 41.5 Å². The van der Waals surface area contributed by atoms with E-state index in [9.17, 15) is 0 Å². The highest BCUT2D eigenvalue weighted by Crippen LogP contribution is 2.38. The standard InChI is InChI=1S/C43H29N5/c1-3-9-30(10-4-1)37-13-7-8-14-38(37)32-15-17-33(18-16-32)39-20-19-36(29-40(39)31-11-5-2-6-12-31)43-47-41(34-21-25-44-26-22-34)46-42(48-43)35-23-27-45-28-24-35/h1-29H. The van der Waals surface area contributed by atoms with E-state index in [0.29, 0.717) is 17.5 Å². The van der Waals surface area contributed by atoms with E-state index in [1.807, 2.05) is 30.3 Å². The Hall–Kier alpha value is -6.59. The predicted molar refractivity (Wildman–Crippen MR) is 193 cm³/mol. The first kappa shape index (κ1) is 28.9. The van der Waals surface area contributed by atoms with Gasteiger partial charge in [-0.3, -0.25) is 9.97 Å². The number of aromatic nitrogens is 5. The Morgan fingerprint density at radius 2 is 0.604 bits per heavy atom. The number of rotatable bonds is 7. The van der Waals surface area contributed by atoms with E-state index in [4.69, 9.17) is 15.0 Å². The summed E-state index contributed by atoms with van der Waals surface area (Å²) in [6.45, 7) is 0. The predicted octanol–water partition coefficient (Wildman–Crippen LogP) is 10.3. The summed E-state index contributed by atoms with van der Waals surface area (Å²) < 4.78 is 0. The van der Waals surface area contributed by atoms with Crippen molar-refractivity contribution < 1.29 is 0 Å². The van der Waals surface area contributed by atoms with E-state index in [1.54, 1.807) is 24.8 Å². The number of benzene rings is 5. The van der Waals surface area contributed by atoms with E-state index in [-0.39, 0.29) is 0 Å². The smallest absolute Gasteiger partial charge is 0.164 e. The maximum absolute atomic E-state index is 4.95. The Balaban J connectivity index is 1.23. The van der Waals surface area contributed by atoms with E-state index in [2.05, 4.69) is 131 Å². The second-order valence-electron chi connectivity index (χ2n) is 11.4. The Morgan fingerprint density at radius 3 is 1.08 bits per heavy atom. The Kier molecular flexibility index (Phi) is 7.83. The third kappa shape index (κ3) is 5.88. The zero-order chi connectivity index (χ0) is 32.1. The summed E-state index contributed by atoms with van der Waals surface area (Å²) in [6.07, 6.45) is 7.00. The van der Waals surface area contributed by atoms with Crippen LogP contribution in [0.5, 0.6) is 0 Å². The lowest BCUT2D eigenvalue weighted by atomic mass is 9.90. The zero-order valence-electron chi connectivity index (χ0n) is 26.0. The zero-order valence-corrected chi connectivity index (χ0v) is 26.0. The van der Waals surface area contributed by atoms with E-state index >= 15 is 0 Å². The average molecular weight is 616 g/mol. The van der Waals surface area contributed by atoms with Crippen molar-refractivity contribution in [3.05, 3.63) is 176 Å². The van der Waals surface area contributed by atoms with Crippen molar-refractivity contribution >= 4 is 0 Å². The van der Waals surface area contributed by atoms with Crippen molar-refractivity contribution in [1.29, 1.82) is 0 Å². The molecular formula is C43H29N5. The molecule has 3 heterocycles. The maximum Gasteiger partial charge on any atom is 0.164 e. The van der Waals surface area contributed by atoms with Crippen molar-refractivity contribution in [3.63, 3.8) is 0 Å². The van der Waals surface area contributed by atoms with Gasteiger partial charge in [0.2, 0.25) is 0 Å². The Labute approximate surface area is 279 Å². The molecule has 48 heavy (non-hydrogen) atoms. The first-order valence-corrected chi connectivity index (χ1v) is 15.8.